The van der Waals surface area contributed by atoms with Gasteiger partial charge in [-0.05, 0) is 24.6 Å². The van der Waals surface area contributed by atoms with Gasteiger partial charge < -0.3 is 15.3 Å². The molecule has 0 aromatic heterocycles. The van der Waals surface area contributed by atoms with E-state index in [1.807, 2.05) is 0 Å². The first-order chi connectivity index (χ1) is 6.73. The molecule has 0 saturated carbocycles. The Hall–Kier alpha value is -0.350. The minimum atomic E-state index is -1.91. The van der Waals surface area contributed by atoms with E-state index in [1.54, 1.807) is 0 Å². The van der Waals surface area contributed by atoms with Gasteiger partial charge in [-0.15, -0.1) is 0 Å². The SMILES string of the molecule is Cc1c(O)cc(C(O)C(Cl)(Cl)Cl)cc1O. The lowest BCUT2D eigenvalue weighted by Crippen LogP contribution is -2.16. The van der Waals surface area contributed by atoms with E-state index in [4.69, 9.17) is 34.8 Å². The van der Waals surface area contributed by atoms with E-state index < -0.39 is 9.90 Å². The van der Waals surface area contributed by atoms with Crippen LogP contribution in [0.4, 0.5) is 0 Å². The van der Waals surface area contributed by atoms with Crippen molar-refractivity contribution in [3.63, 3.8) is 0 Å². The molecular formula is C9H9Cl3O3. The monoisotopic (exact) mass is 270 g/mol. The van der Waals surface area contributed by atoms with Crippen LogP contribution in [-0.4, -0.2) is 19.1 Å². The second-order valence-corrected chi connectivity index (χ2v) is 5.50. The highest BCUT2D eigenvalue weighted by molar-refractivity contribution is 6.68. The number of aliphatic hydroxyl groups excluding tert-OH is 1. The number of phenols is 2. The minimum Gasteiger partial charge on any atom is -0.508 e. The number of benzene rings is 1. The highest BCUT2D eigenvalue weighted by atomic mass is 35.6. The normalized spacial score (nSPS) is 13.9. The number of phenolic OH excluding ortho intramolecular Hbond substituents is 2. The van der Waals surface area contributed by atoms with Crippen molar-refractivity contribution in [3.8, 4) is 11.5 Å². The van der Waals surface area contributed by atoms with Crippen molar-refractivity contribution >= 4 is 34.8 Å². The summed E-state index contributed by atoms with van der Waals surface area (Å²) < 4.78 is -1.91. The zero-order valence-corrected chi connectivity index (χ0v) is 9.98. The predicted octanol–water partition coefficient (Wildman–Crippen LogP) is 2.81. The molecule has 1 aromatic carbocycles. The van der Waals surface area contributed by atoms with Gasteiger partial charge in [0.2, 0.25) is 3.79 Å². The summed E-state index contributed by atoms with van der Waals surface area (Å²) in [6.07, 6.45) is -1.42. The number of alkyl halides is 3. The molecule has 1 atom stereocenters. The minimum absolute atomic E-state index is 0.135. The van der Waals surface area contributed by atoms with Crippen LogP contribution in [0.3, 0.4) is 0 Å². The Morgan fingerprint density at radius 2 is 1.53 bits per heavy atom. The zero-order chi connectivity index (χ0) is 11.8. The molecule has 15 heavy (non-hydrogen) atoms. The van der Waals surface area contributed by atoms with Crippen LogP contribution in [0.25, 0.3) is 0 Å². The number of rotatable bonds is 1. The maximum Gasteiger partial charge on any atom is 0.220 e. The van der Waals surface area contributed by atoms with Gasteiger partial charge in [0.15, 0.2) is 0 Å². The van der Waals surface area contributed by atoms with Crippen LogP contribution in [0, 0.1) is 6.92 Å². The smallest absolute Gasteiger partial charge is 0.220 e. The number of hydrogen-bond acceptors (Lipinski definition) is 3. The third-order valence-corrected chi connectivity index (χ3v) is 2.62. The van der Waals surface area contributed by atoms with Crippen molar-refractivity contribution in [2.45, 2.75) is 16.8 Å². The van der Waals surface area contributed by atoms with Gasteiger partial charge in [-0.3, -0.25) is 0 Å². The van der Waals surface area contributed by atoms with Crippen LogP contribution < -0.4 is 0 Å². The van der Waals surface area contributed by atoms with Gasteiger partial charge in [-0.2, -0.15) is 0 Å². The van der Waals surface area contributed by atoms with Gasteiger partial charge in [0.05, 0.1) is 0 Å². The van der Waals surface area contributed by atoms with Crippen molar-refractivity contribution < 1.29 is 15.3 Å². The summed E-state index contributed by atoms with van der Waals surface area (Å²) >= 11 is 16.4. The summed E-state index contributed by atoms with van der Waals surface area (Å²) in [5, 5.41) is 28.4. The fourth-order valence-corrected chi connectivity index (χ4v) is 1.43. The van der Waals surface area contributed by atoms with E-state index in [0.717, 1.165) is 0 Å². The topological polar surface area (TPSA) is 60.7 Å². The van der Waals surface area contributed by atoms with E-state index in [9.17, 15) is 15.3 Å². The van der Waals surface area contributed by atoms with Crippen molar-refractivity contribution in [1.29, 1.82) is 0 Å². The second-order valence-electron chi connectivity index (χ2n) is 3.13. The molecule has 1 unspecified atom stereocenters. The van der Waals surface area contributed by atoms with Crippen LogP contribution in [-0.2, 0) is 0 Å². The zero-order valence-electron chi connectivity index (χ0n) is 7.71. The number of halogens is 3. The summed E-state index contributed by atoms with van der Waals surface area (Å²) in [4.78, 5) is 0. The number of aromatic hydroxyl groups is 2. The van der Waals surface area contributed by atoms with E-state index in [0.29, 0.717) is 5.56 Å². The standard InChI is InChI=1S/C9H9Cl3O3/c1-4-6(13)2-5(3-7(4)14)8(15)9(10,11)12/h2-3,8,13-15H,1H3. The lowest BCUT2D eigenvalue weighted by atomic mass is 10.1. The number of aliphatic hydroxyl groups is 1. The average molecular weight is 272 g/mol. The highest BCUT2D eigenvalue weighted by Crippen LogP contribution is 2.42. The van der Waals surface area contributed by atoms with Crippen LogP contribution in [0.1, 0.15) is 17.2 Å². The first-order valence-corrected chi connectivity index (χ1v) is 5.14. The molecule has 6 heteroatoms. The summed E-state index contributed by atoms with van der Waals surface area (Å²) in [5.41, 5.74) is 0.436. The Morgan fingerprint density at radius 1 is 1.13 bits per heavy atom. The summed E-state index contributed by atoms with van der Waals surface area (Å²) in [7, 11) is 0. The average Bonchev–Trinajstić information content (AvgIpc) is 2.10. The maximum atomic E-state index is 9.58. The van der Waals surface area contributed by atoms with Crippen molar-refractivity contribution in [1.82, 2.24) is 0 Å². The molecule has 84 valence electrons. The van der Waals surface area contributed by atoms with Gasteiger partial charge in [0, 0.05) is 5.56 Å². The van der Waals surface area contributed by atoms with Gasteiger partial charge in [-0.25, -0.2) is 0 Å². The molecule has 0 fully saturated rings. The molecule has 0 aliphatic carbocycles. The lowest BCUT2D eigenvalue weighted by molar-refractivity contribution is 0.181. The van der Waals surface area contributed by atoms with Crippen molar-refractivity contribution in [2.75, 3.05) is 0 Å². The van der Waals surface area contributed by atoms with Gasteiger partial charge in [0.25, 0.3) is 0 Å². The maximum absolute atomic E-state index is 9.58. The van der Waals surface area contributed by atoms with Crippen LogP contribution >= 0.6 is 34.8 Å². The summed E-state index contributed by atoms with van der Waals surface area (Å²) in [6, 6.07) is 2.48. The van der Waals surface area contributed by atoms with E-state index >= 15 is 0 Å². The third kappa shape index (κ3) is 2.82. The predicted molar refractivity (Wildman–Crippen MR) is 59.8 cm³/mol. The molecule has 1 aromatic rings. The molecule has 0 amide bonds. The molecule has 3 nitrogen and oxygen atoms in total. The van der Waals surface area contributed by atoms with E-state index in [1.165, 1.54) is 19.1 Å². The van der Waals surface area contributed by atoms with Crippen molar-refractivity contribution in [2.24, 2.45) is 0 Å². The first kappa shape index (κ1) is 12.7. The Balaban J connectivity index is 3.17. The molecule has 0 aliphatic heterocycles. The first-order valence-electron chi connectivity index (χ1n) is 4.00. The largest absolute Gasteiger partial charge is 0.508 e. The molecule has 0 aliphatic rings. The molecule has 0 saturated heterocycles. The Labute approximate surface area is 102 Å². The lowest BCUT2D eigenvalue weighted by Gasteiger charge is -2.20. The summed E-state index contributed by atoms with van der Waals surface area (Å²) in [5.74, 6) is -0.336. The van der Waals surface area contributed by atoms with Crippen LogP contribution in [0.2, 0.25) is 0 Å². The fraction of sp³-hybridized carbons (Fsp3) is 0.333. The molecule has 0 spiro atoms. The molecule has 0 radical (unpaired) electrons. The van der Waals surface area contributed by atoms with E-state index in [-0.39, 0.29) is 17.1 Å². The Bertz CT molecular complexity index is 350. The number of hydrogen-bond donors (Lipinski definition) is 3. The molecule has 1 rings (SSSR count). The Morgan fingerprint density at radius 3 is 1.87 bits per heavy atom. The van der Waals surface area contributed by atoms with Crippen LogP contribution in [0.15, 0.2) is 12.1 Å². The molecule has 3 N–H and O–H groups in total. The van der Waals surface area contributed by atoms with E-state index in [2.05, 4.69) is 0 Å². The second kappa shape index (κ2) is 4.26. The molecule has 0 heterocycles. The van der Waals surface area contributed by atoms with Gasteiger partial charge >= 0.3 is 0 Å². The van der Waals surface area contributed by atoms with Gasteiger partial charge in [0.1, 0.15) is 17.6 Å². The van der Waals surface area contributed by atoms with Crippen LogP contribution in [0.5, 0.6) is 11.5 Å². The van der Waals surface area contributed by atoms with Crippen molar-refractivity contribution in [3.05, 3.63) is 23.3 Å². The molecular weight excluding hydrogens is 262 g/mol. The van der Waals surface area contributed by atoms with Gasteiger partial charge in [-0.1, -0.05) is 34.8 Å². The third-order valence-electron chi connectivity index (χ3n) is 2.00. The summed E-state index contributed by atoms with van der Waals surface area (Å²) in [6.45, 7) is 1.52. The highest BCUT2D eigenvalue weighted by Gasteiger charge is 2.32. The Kier molecular flexibility index (Phi) is 3.61. The fourth-order valence-electron chi connectivity index (χ4n) is 1.05. The quantitative estimate of drug-likeness (QED) is 0.688. The molecule has 0 bridgehead atoms.